The number of rotatable bonds is 20. The van der Waals surface area contributed by atoms with Crippen molar-refractivity contribution >= 4 is 22.0 Å². The molecular weight excluding hydrogens is 429 g/mol. The molecule has 7 nitrogen and oxygen atoms in total. The summed E-state index contributed by atoms with van der Waals surface area (Å²) in [7, 11) is -4.71. The number of ether oxygens (including phenoxy) is 1. The Morgan fingerprint density at radius 3 is 1.81 bits per heavy atom. The molecule has 0 aromatic rings. The average molecular weight is 472 g/mol. The Bertz CT molecular complexity index is 601. The number of carbonyl (C=O) groups is 2. The summed E-state index contributed by atoms with van der Waals surface area (Å²) in [6, 6.07) is 0. The van der Waals surface area contributed by atoms with Crippen molar-refractivity contribution in [1.29, 1.82) is 0 Å². The number of primary amides is 1. The van der Waals surface area contributed by atoms with Crippen LogP contribution in [0.1, 0.15) is 105 Å². The molecule has 9 heteroatoms. The maximum Gasteiger partial charge on any atom is 1.00 e. The average Bonchev–Trinajstić information content (AvgIpc) is 2.67. The predicted molar refractivity (Wildman–Crippen MR) is 121 cm³/mol. The third-order valence-electron chi connectivity index (χ3n) is 4.91. The smallest absolute Gasteiger partial charge is 1.00 e. The van der Waals surface area contributed by atoms with Gasteiger partial charge in [0.2, 0.25) is 5.91 Å². The number of carbonyl (C=O) groups excluding carboxylic acids is 2. The third kappa shape index (κ3) is 21.2. The zero-order valence-corrected chi connectivity index (χ0v) is 22.3. The summed E-state index contributed by atoms with van der Waals surface area (Å²) >= 11 is 0. The molecule has 0 aliphatic carbocycles. The Morgan fingerprint density at radius 2 is 1.35 bits per heavy atom. The molecule has 0 spiro atoms. The summed E-state index contributed by atoms with van der Waals surface area (Å²) in [5.41, 5.74) is 4.90. The van der Waals surface area contributed by atoms with Crippen molar-refractivity contribution in [2.75, 3.05) is 6.61 Å². The molecule has 0 fully saturated rings. The van der Waals surface area contributed by atoms with Crippen molar-refractivity contribution in [2.24, 2.45) is 5.73 Å². The van der Waals surface area contributed by atoms with Gasteiger partial charge in [0.1, 0.15) is 0 Å². The van der Waals surface area contributed by atoms with E-state index in [1.54, 1.807) is 0 Å². The van der Waals surface area contributed by atoms with Crippen LogP contribution in [0.15, 0.2) is 12.2 Å². The summed E-state index contributed by atoms with van der Waals surface area (Å²) in [5.74, 6) is -2.13. The van der Waals surface area contributed by atoms with Crippen LogP contribution in [0.25, 0.3) is 0 Å². The minimum absolute atomic E-state index is 0. The minimum atomic E-state index is -4.71. The second-order valence-electron chi connectivity index (χ2n) is 7.78. The molecule has 0 saturated carbocycles. The van der Waals surface area contributed by atoms with E-state index in [1.165, 1.54) is 51.4 Å². The van der Waals surface area contributed by atoms with Gasteiger partial charge in [0.05, 0.1) is 13.0 Å². The first-order chi connectivity index (χ1) is 14.3. The summed E-state index contributed by atoms with van der Waals surface area (Å²) in [6.07, 6.45) is 20.0. The maximum atomic E-state index is 11.7. The molecular formula is C22H42NNaO6S. The summed E-state index contributed by atoms with van der Waals surface area (Å²) in [6.45, 7) is 2.30. The number of esters is 1. The first kappa shape index (κ1) is 32.8. The molecule has 1 atom stereocenters. The van der Waals surface area contributed by atoms with Gasteiger partial charge in [-0.3, -0.25) is 14.1 Å². The minimum Gasteiger partial charge on any atom is -1.00 e. The Balaban J connectivity index is -0.00000420. The molecule has 0 aliphatic rings. The van der Waals surface area contributed by atoms with Gasteiger partial charge in [0.25, 0.3) is 10.1 Å². The van der Waals surface area contributed by atoms with Gasteiger partial charge < -0.3 is 11.9 Å². The first-order valence-electron chi connectivity index (χ1n) is 11.3. The van der Waals surface area contributed by atoms with Gasteiger partial charge in [0, 0.05) is 0 Å². The molecule has 0 heterocycles. The molecule has 0 aromatic heterocycles. The summed E-state index contributed by atoms with van der Waals surface area (Å²) in [5, 5.41) is -1.94. The maximum absolute atomic E-state index is 11.7. The van der Waals surface area contributed by atoms with Crippen molar-refractivity contribution < 1.29 is 58.3 Å². The zero-order chi connectivity index (χ0) is 22.7. The zero-order valence-electron chi connectivity index (χ0n) is 20.5. The SMILES string of the molecule is CCCCCCCC/C=C\CCCCCCCCOC(=O)C(CC(N)=O)S(=O)(=O)O.[H-].[Na+]. The largest absolute Gasteiger partial charge is 1.00 e. The van der Waals surface area contributed by atoms with E-state index in [2.05, 4.69) is 19.1 Å². The van der Waals surface area contributed by atoms with Gasteiger partial charge in [-0.1, -0.05) is 76.9 Å². The van der Waals surface area contributed by atoms with Crippen molar-refractivity contribution in [3.05, 3.63) is 12.2 Å². The van der Waals surface area contributed by atoms with Crippen LogP contribution in [-0.4, -0.2) is 36.7 Å². The summed E-state index contributed by atoms with van der Waals surface area (Å²) < 4.78 is 36.1. The Labute approximate surface area is 212 Å². The molecule has 0 aliphatic heterocycles. The first-order valence-corrected chi connectivity index (χ1v) is 12.9. The van der Waals surface area contributed by atoms with Gasteiger partial charge in [-0.2, -0.15) is 8.42 Å². The van der Waals surface area contributed by atoms with Crippen LogP contribution in [0.5, 0.6) is 0 Å². The van der Waals surface area contributed by atoms with Crippen LogP contribution in [0.4, 0.5) is 0 Å². The fourth-order valence-corrected chi connectivity index (χ4v) is 3.79. The number of allylic oxidation sites excluding steroid dienone is 2. The van der Waals surface area contributed by atoms with Crippen molar-refractivity contribution in [3.63, 3.8) is 0 Å². The predicted octanol–water partition coefficient (Wildman–Crippen LogP) is 1.82. The standard InChI is InChI=1S/C22H41NO6S.Na.H/c1-2-3-4-5-6-7-8-9-10-11-12-13-14-15-16-17-18-29-22(25)20(19-21(23)24)30(26,27)28;;/h9-10,20H,2-8,11-19H2,1H3,(H2,23,24)(H,26,27,28);;/q;+1;-1/b10-9-;;. The van der Waals surface area contributed by atoms with Crippen molar-refractivity contribution in [3.8, 4) is 0 Å². The number of hydrogen-bond acceptors (Lipinski definition) is 5. The van der Waals surface area contributed by atoms with E-state index in [4.69, 9.17) is 15.0 Å². The van der Waals surface area contributed by atoms with Crippen LogP contribution in [-0.2, 0) is 24.4 Å². The van der Waals surface area contributed by atoms with Gasteiger partial charge in [-0.25, -0.2) is 0 Å². The van der Waals surface area contributed by atoms with E-state index in [0.29, 0.717) is 6.42 Å². The second kappa shape index (κ2) is 21.4. The number of unbranched alkanes of at least 4 members (excludes halogenated alkanes) is 12. The molecule has 178 valence electrons. The van der Waals surface area contributed by atoms with E-state index in [-0.39, 0.29) is 37.6 Å². The van der Waals surface area contributed by atoms with E-state index in [0.717, 1.165) is 32.1 Å². The molecule has 1 unspecified atom stereocenters. The van der Waals surface area contributed by atoms with Gasteiger partial charge in [0.15, 0.2) is 5.25 Å². The molecule has 0 saturated heterocycles. The van der Waals surface area contributed by atoms with E-state index < -0.39 is 33.7 Å². The topological polar surface area (TPSA) is 124 Å². The quantitative estimate of drug-likeness (QED) is 0.0918. The Hall–Kier alpha value is -0.410. The van der Waals surface area contributed by atoms with E-state index in [1.807, 2.05) is 0 Å². The van der Waals surface area contributed by atoms with E-state index >= 15 is 0 Å². The molecule has 0 radical (unpaired) electrons. The van der Waals surface area contributed by atoms with Crippen LogP contribution in [0.2, 0.25) is 0 Å². The second-order valence-corrected chi connectivity index (χ2v) is 9.38. The fraction of sp³-hybridized carbons (Fsp3) is 0.818. The molecule has 0 bridgehead atoms. The van der Waals surface area contributed by atoms with Gasteiger partial charge in [-0.15, -0.1) is 0 Å². The molecule has 0 aromatic carbocycles. The Morgan fingerprint density at radius 1 is 0.903 bits per heavy atom. The van der Waals surface area contributed by atoms with Crippen LogP contribution in [0.3, 0.4) is 0 Å². The van der Waals surface area contributed by atoms with Crippen LogP contribution in [0, 0.1) is 0 Å². The number of amides is 1. The molecule has 31 heavy (non-hydrogen) atoms. The molecule has 1 amide bonds. The summed E-state index contributed by atoms with van der Waals surface area (Å²) in [4.78, 5) is 22.5. The van der Waals surface area contributed by atoms with Gasteiger partial charge in [-0.05, 0) is 32.1 Å². The third-order valence-corrected chi connectivity index (χ3v) is 5.99. The van der Waals surface area contributed by atoms with Crippen molar-refractivity contribution in [2.45, 2.75) is 108 Å². The number of nitrogens with two attached hydrogens (primary N) is 1. The van der Waals surface area contributed by atoms with Crippen molar-refractivity contribution in [1.82, 2.24) is 0 Å². The van der Waals surface area contributed by atoms with E-state index in [9.17, 15) is 18.0 Å². The molecule has 0 rings (SSSR count). The number of hydrogen-bond donors (Lipinski definition) is 2. The van der Waals surface area contributed by atoms with Crippen LogP contribution < -0.4 is 35.3 Å². The monoisotopic (exact) mass is 471 g/mol. The Kier molecular flexibility index (Phi) is 22.7. The van der Waals surface area contributed by atoms with Gasteiger partial charge >= 0.3 is 35.5 Å². The normalized spacial score (nSPS) is 12.5. The fourth-order valence-electron chi connectivity index (χ4n) is 3.11. The van der Waals surface area contributed by atoms with Crippen LogP contribution >= 0.6 is 0 Å². The molecule has 3 N–H and O–H groups in total.